The molecule has 0 saturated heterocycles. The molecule has 1 amide bonds. The maximum Gasteiger partial charge on any atom is 0.310 e. The topological polar surface area (TPSA) is 87.3 Å². The van der Waals surface area contributed by atoms with E-state index in [0.29, 0.717) is 25.1 Å². The van der Waals surface area contributed by atoms with Crippen LogP contribution in [0.15, 0.2) is 30.5 Å². The van der Waals surface area contributed by atoms with Crippen molar-refractivity contribution in [3.63, 3.8) is 0 Å². The Morgan fingerprint density at radius 2 is 2.12 bits per heavy atom. The Hall–Kier alpha value is -2.83. The minimum atomic E-state index is -0.215. The summed E-state index contributed by atoms with van der Waals surface area (Å²) in [4.78, 5) is 25.6. The van der Waals surface area contributed by atoms with Gasteiger partial charge in [-0.05, 0) is 17.7 Å². The lowest BCUT2D eigenvalue weighted by Gasteiger charge is -2.32. The van der Waals surface area contributed by atoms with E-state index < -0.39 is 0 Å². The van der Waals surface area contributed by atoms with E-state index in [1.807, 2.05) is 12.1 Å². The van der Waals surface area contributed by atoms with Gasteiger partial charge >= 0.3 is 5.97 Å². The highest BCUT2D eigenvalue weighted by Crippen LogP contribution is 2.29. The molecule has 0 bridgehead atoms. The molecule has 1 aromatic heterocycles. The quantitative estimate of drug-likeness (QED) is 0.821. The van der Waals surface area contributed by atoms with Crippen LogP contribution in [0, 0.1) is 5.92 Å². The number of hydrogen-bond acceptors (Lipinski definition) is 5. The highest BCUT2D eigenvalue weighted by molar-refractivity contribution is 5.93. The number of rotatable bonds is 4. The molecule has 1 atom stereocenters. The van der Waals surface area contributed by atoms with E-state index in [-0.39, 0.29) is 17.8 Å². The minimum absolute atomic E-state index is 0.109. The van der Waals surface area contributed by atoms with Gasteiger partial charge in [0.15, 0.2) is 0 Å². The number of fused-ring (bicyclic) bond motifs is 1. The zero-order chi connectivity index (χ0) is 17.1. The third-order valence-electron chi connectivity index (χ3n) is 4.28. The molecule has 2 aromatic rings. The SMILES string of the molecule is CNC(=O)c1ccc(CN2CC(C(=O)OC)Cc3[nH]ncc32)cc1. The van der Waals surface area contributed by atoms with Gasteiger partial charge in [-0.3, -0.25) is 14.7 Å². The molecule has 1 aliphatic rings. The van der Waals surface area contributed by atoms with Gasteiger partial charge in [-0.2, -0.15) is 5.10 Å². The zero-order valence-corrected chi connectivity index (χ0v) is 13.7. The molecule has 0 radical (unpaired) electrons. The van der Waals surface area contributed by atoms with E-state index in [1.165, 1.54) is 7.11 Å². The smallest absolute Gasteiger partial charge is 0.310 e. The second-order valence-electron chi connectivity index (χ2n) is 5.81. The summed E-state index contributed by atoms with van der Waals surface area (Å²) in [5.74, 6) is -0.536. The maximum absolute atomic E-state index is 11.9. The number of carbonyl (C=O) groups is 2. The van der Waals surface area contributed by atoms with Crippen LogP contribution in [-0.4, -0.2) is 42.8 Å². The third-order valence-corrected chi connectivity index (χ3v) is 4.28. The number of ether oxygens (including phenoxy) is 1. The third kappa shape index (κ3) is 3.10. The van der Waals surface area contributed by atoms with Gasteiger partial charge in [-0.25, -0.2) is 0 Å². The molecule has 7 heteroatoms. The van der Waals surface area contributed by atoms with Crippen LogP contribution in [0.25, 0.3) is 0 Å². The summed E-state index contributed by atoms with van der Waals surface area (Å²) >= 11 is 0. The molecule has 0 fully saturated rings. The van der Waals surface area contributed by atoms with Crippen LogP contribution in [0.1, 0.15) is 21.6 Å². The molecule has 1 unspecified atom stereocenters. The number of nitrogens with one attached hydrogen (secondary N) is 2. The lowest BCUT2D eigenvalue weighted by Crippen LogP contribution is -2.38. The number of aromatic nitrogens is 2. The van der Waals surface area contributed by atoms with Crippen molar-refractivity contribution in [2.75, 3.05) is 25.6 Å². The summed E-state index contributed by atoms with van der Waals surface area (Å²) in [5.41, 5.74) is 3.63. The van der Waals surface area contributed by atoms with Crippen LogP contribution in [0.2, 0.25) is 0 Å². The molecule has 0 aliphatic carbocycles. The number of hydrogen-bond donors (Lipinski definition) is 2. The molecule has 0 spiro atoms. The second kappa shape index (κ2) is 6.74. The van der Waals surface area contributed by atoms with Crippen molar-refractivity contribution in [3.8, 4) is 0 Å². The molecule has 24 heavy (non-hydrogen) atoms. The molecular weight excluding hydrogens is 308 g/mol. The fourth-order valence-electron chi connectivity index (χ4n) is 3.01. The average Bonchev–Trinajstić information content (AvgIpc) is 3.09. The Kier molecular flexibility index (Phi) is 4.50. The fourth-order valence-corrected chi connectivity index (χ4v) is 3.01. The van der Waals surface area contributed by atoms with Crippen LogP contribution in [0.4, 0.5) is 5.69 Å². The molecule has 2 N–H and O–H groups in total. The summed E-state index contributed by atoms with van der Waals surface area (Å²) < 4.78 is 4.89. The van der Waals surface area contributed by atoms with Crippen molar-refractivity contribution < 1.29 is 14.3 Å². The van der Waals surface area contributed by atoms with E-state index in [0.717, 1.165) is 16.9 Å². The Balaban J connectivity index is 1.78. The first-order chi connectivity index (χ1) is 11.6. The summed E-state index contributed by atoms with van der Waals surface area (Å²) in [7, 11) is 3.02. The summed E-state index contributed by atoms with van der Waals surface area (Å²) in [6, 6.07) is 7.44. The minimum Gasteiger partial charge on any atom is -0.469 e. The van der Waals surface area contributed by atoms with Gasteiger partial charge in [-0.15, -0.1) is 0 Å². The van der Waals surface area contributed by atoms with Gasteiger partial charge in [-0.1, -0.05) is 12.1 Å². The van der Waals surface area contributed by atoms with Crippen molar-refractivity contribution >= 4 is 17.6 Å². The Morgan fingerprint density at radius 1 is 1.38 bits per heavy atom. The van der Waals surface area contributed by atoms with Crippen LogP contribution >= 0.6 is 0 Å². The molecule has 126 valence electrons. The maximum atomic E-state index is 11.9. The molecule has 1 aliphatic heterocycles. The second-order valence-corrected chi connectivity index (χ2v) is 5.81. The molecule has 2 heterocycles. The Labute approximate surface area is 140 Å². The van der Waals surface area contributed by atoms with Crippen molar-refractivity contribution in [2.45, 2.75) is 13.0 Å². The summed E-state index contributed by atoms with van der Waals surface area (Å²) in [5, 5.41) is 9.66. The first kappa shape index (κ1) is 16.0. The van der Waals surface area contributed by atoms with Gasteiger partial charge in [0.05, 0.1) is 30.6 Å². The van der Waals surface area contributed by atoms with Gasteiger partial charge in [0.2, 0.25) is 0 Å². The Bertz CT molecular complexity index is 739. The fraction of sp³-hybridized carbons (Fsp3) is 0.353. The van der Waals surface area contributed by atoms with E-state index in [4.69, 9.17) is 4.74 Å². The van der Waals surface area contributed by atoms with Crippen LogP contribution in [0.5, 0.6) is 0 Å². The average molecular weight is 328 g/mol. The number of aromatic amines is 1. The number of anilines is 1. The number of carbonyl (C=O) groups excluding carboxylic acids is 2. The van der Waals surface area contributed by atoms with E-state index in [2.05, 4.69) is 20.4 Å². The zero-order valence-electron chi connectivity index (χ0n) is 13.7. The van der Waals surface area contributed by atoms with Crippen molar-refractivity contribution in [3.05, 3.63) is 47.3 Å². The summed E-state index contributed by atoms with van der Waals surface area (Å²) in [6.07, 6.45) is 2.38. The normalized spacial score (nSPS) is 16.4. The largest absolute Gasteiger partial charge is 0.469 e. The molecule has 0 saturated carbocycles. The number of esters is 1. The number of amides is 1. The van der Waals surface area contributed by atoms with Gasteiger partial charge < -0.3 is 15.0 Å². The molecular formula is C17H20N4O3. The number of benzene rings is 1. The van der Waals surface area contributed by atoms with Gasteiger partial charge in [0, 0.05) is 32.1 Å². The predicted molar refractivity (Wildman–Crippen MR) is 88.7 cm³/mol. The highest BCUT2D eigenvalue weighted by atomic mass is 16.5. The first-order valence-corrected chi connectivity index (χ1v) is 7.78. The summed E-state index contributed by atoms with van der Waals surface area (Å²) in [6.45, 7) is 1.21. The highest BCUT2D eigenvalue weighted by Gasteiger charge is 2.31. The first-order valence-electron chi connectivity index (χ1n) is 7.78. The predicted octanol–water partition coefficient (Wildman–Crippen LogP) is 1.12. The van der Waals surface area contributed by atoms with E-state index >= 15 is 0 Å². The molecule has 3 rings (SSSR count). The van der Waals surface area contributed by atoms with Crippen LogP contribution in [0.3, 0.4) is 0 Å². The molecule has 7 nitrogen and oxygen atoms in total. The van der Waals surface area contributed by atoms with Crippen molar-refractivity contribution in [1.29, 1.82) is 0 Å². The molecule has 1 aromatic carbocycles. The van der Waals surface area contributed by atoms with Gasteiger partial charge in [0.25, 0.3) is 5.91 Å². The van der Waals surface area contributed by atoms with Gasteiger partial charge in [0.1, 0.15) is 0 Å². The lowest BCUT2D eigenvalue weighted by molar-refractivity contribution is -0.145. The van der Waals surface area contributed by atoms with E-state index in [9.17, 15) is 9.59 Å². The van der Waals surface area contributed by atoms with E-state index in [1.54, 1.807) is 25.4 Å². The van der Waals surface area contributed by atoms with Crippen molar-refractivity contribution in [1.82, 2.24) is 15.5 Å². The number of nitrogens with zero attached hydrogens (tertiary/aromatic N) is 2. The lowest BCUT2D eigenvalue weighted by atomic mass is 9.96. The number of methoxy groups -OCH3 is 1. The standard InChI is InChI=1S/C17H20N4O3/c1-18-16(22)12-5-3-11(4-6-12)9-21-10-13(17(23)24-2)7-14-15(21)8-19-20-14/h3-6,8,13H,7,9-10H2,1-2H3,(H,18,22)(H,19,20). The monoisotopic (exact) mass is 328 g/mol. The van der Waals surface area contributed by atoms with Crippen molar-refractivity contribution in [2.24, 2.45) is 5.92 Å². The Morgan fingerprint density at radius 3 is 2.79 bits per heavy atom. The van der Waals surface area contributed by atoms with Crippen LogP contribution in [-0.2, 0) is 22.5 Å². The number of H-pyrrole nitrogens is 1. The van der Waals surface area contributed by atoms with Crippen LogP contribution < -0.4 is 10.2 Å².